The fourth-order valence-electron chi connectivity index (χ4n) is 9.31. The minimum absolute atomic E-state index is 0.0601. The molecule has 69 heavy (non-hydrogen) atoms. The number of hydrogen-bond acceptors (Lipinski definition) is 9. The zero-order valence-corrected chi connectivity index (χ0v) is 45.7. The Labute approximate surface area is 427 Å². The summed E-state index contributed by atoms with van der Waals surface area (Å²) in [5.74, 6) is -5.10. The molecule has 0 heterocycles. The Morgan fingerprint density at radius 3 is 1.01 bits per heavy atom. The van der Waals surface area contributed by atoms with Crippen molar-refractivity contribution >= 4 is 41.2 Å². The third kappa shape index (κ3) is 34.9. The van der Waals surface area contributed by atoms with Gasteiger partial charge in [-0.25, -0.2) is 4.79 Å². The highest BCUT2D eigenvalue weighted by atomic mass is 32.2. The number of aliphatic hydroxyl groups is 3. The molecule has 3 amide bonds. The Hall–Kier alpha value is -2.02. The Morgan fingerprint density at radius 1 is 0.449 bits per heavy atom. The number of rotatable bonds is 53. The van der Waals surface area contributed by atoms with Crippen LogP contribution in [-0.2, 0) is 24.0 Å². The molecule has 5 N–H and O–H groups in total. The van der Waals surface area contributed by atoms with Crippen LogP contribution >= 0.6 is 11.8 Å². The molecule has 0 aliphatic carbocycles. The van der Waals surface area contributed by atoms with Crippen molar-refractivity contribution in [3.63, 3.8) is 0 Å². The predicted octanol–water partition coefficient (Wildman–Crippen LogP) is 13.7. The van der Waals surface area contributed by atoms with Gasteiger partial charge in [0.25, 0.3) is 5.91 Å². The average molecular weight is 998 g/mol. The number of aliphatic hydroxyl groups excluding tert-OH is 3. The topological polar surface area (TPSA) is 182 Å². The van der Waals surface area contributed by atoms with Gasteiger partial charge < -0.3 is 25.7 Å². The Balaban J connectivity index is 6.18. The summed E-state index contributed by atoms with van der Waals surface area (Å²) in [6.07, 6.45) is 41.7. The molecule has 0 radical (unpaired) electrons. The van der Waals surface area contributed by atoms with Gasteiger partial charge in [0.05, 0.1) is 19.3 Å². The standard InChI is InChI=1S/C57H108N2O9S/c1-4-7-10-13-16-19-22-25-28-31-34-37-40-43-52(63)57(49-69-48-50(62)46-60,56(68)58-51(47-61)55(66)67)59(53(64)44-41-38-35-32-29-26-23-20-17-14-11-8-5-2)54(65)45-42-39-36-33-30-27-24-21-18-15-12-9-6-3/h50-51,60-62H,4-49H2,1-3H3,(H,58,68)(H,66,67). The predicted molar refractivity (Wildman–Crippen MR) is 288 cm³/mol. The molecule has 0 saturated heterocycles. The number of Topliss-reactive ketones (excluding diaryl/α,β-unsaturated/α-hetero) is 1. The first kappa shape index (κ1) is 67.0. The van der Waals surface area contributed by atoms with E-state index >= 15 is 0 Å². The molecule has 3 unspecified atom stereocenters. The van der Waals surface area contributed by atoms with E-state index in [1.807, 2.05) is 0 Å². The first-order chi connectivity index (χ1) is 33.6. The van der Waals surface area contributed by atoms with E-state index in [2.05, 4.69) is 26.1 Å². The average Bonchev–Trinajstić information content (AvgIpc) is 3.34. The molecule has 406 valence electrons. The summed E-state index contributed by atoms with van der Waals surface area (Å²) in [5.41, 5.74) is -2.42. The van der Waals surface area contributed by atoms with Gasteiger partial charge in [-0.3, -0.25) is 24.1 Å². The van der Waals surface area contributed by atoms with Crippen molar-refractivity contribution < 1.29 is 44.4 Å². The molecule has 0 aromatic rings. The van der Waals surface area contributed by atoms with E-state index in [-0.39, 0.29) is 25.0 Å². The highest BCUT2D eigenvalue weighted by molar-refractivity contribution is 7.99. The monoisotopic (exact) mass is 997 g/mol. The summed E-state index contributed by atoms with van der Waals surface area (Å²) >= 11 is 0.965. The van der Waals surface area contributed by atoms with Gasteiger partial charge in [-0.1, -0.05) is 252 Å². The van der Waals surface area contributed by atoms with Crippen LogP contribution in [0.15, 0.2) is 0 Å². The van der Waals surface area contributed by atoms with Gasteiger partial charge in [0.15, 0.2) is 11.3 Å². The van der Waals surface area contributed by atoms with Crippen molar-refractivity contribution in [2.24, 2.45) is 0 Å². The number of amides is 3. The van der Waals surface area contributed by atoms with Crippen molar-refractivity contribution in [2.45, 2.75) is 308 Å². The van der Waals surface area contributed by atoms with Gasteiger partial charge in [-0.05, 0) is 19.3 Å². The zero-order chi connectivity index (χ0) is 51.1. The number of nitrogens with one attached hydrogen (secondary N) is 1. The van der Waals surface area contributed by atoms with E-state index in [1.165, 1.54) is 154 Å². The maximum atomic E-state index is 14.9. The van der Waals surface area contributed by atoms with E-state index in [4.69, 9.17) is 0 Å². The third-order valence-corrected chi connectivity index (χ3v) is 15.1. The largest absolute Gasteiger partial charge is 0.480 e. The Morgan fingerprint density at radius 2 is 0.739 bits per heavy atom. The number of nitrogens with zero attached hydrogens (tertiary/aromatic N) is 1. The molecule has 0 aromatic carbocycles. The fourth-order valence-corrected chi connectivity index (χ4v) is 10.5. The second-order valence-corrected chi connectivity index (χ2v) is 21.3. The first-order valence-corrected chi connectivity index (χ1v) is 30.1. The zero-order valence-electron chi connectivity index (χ0n) is 44.9. The van der Waals surface area contributed by atoms with Crippen LogP contribution in [0.2, 0.25) is 0 Å². The second-order valence-electron chi connectivity index (χ2n) is 20.3. The van der Waals surface area contributed by atoms with Crippen LogP contribution in [0.1, 0.15) is 290 Å². The lowest BCUT2D eigenvalue weighted by molar-refractivity contribution is -0.163. The summed E-state index contributed by atoms with van der Waals surface area (Å²) in [6.45, 7) is 5.17. The van der Waals surface area contributed by atoms with E-state index in [0.717, 1.165) is 87.3 Å². The Bertz CT molecular complexity index is 1210. The van der Waals surface area contributed by atoms with Gasteiger partial charge in [-0.2, -0.15) is 11.8 Å². The van der Waals surface area contributed by atoms with Crippen LogP contribution in [-0.4, -0.2) is 97.2 Å². The lowest BCUT2D eigenvalue weighted by Gasteiger charge is -2.41. The SMILES string of the molecule is CCCCCCCCCCCCCCCC(=O)N(C(=O)CCCCCCCCCCCCCCC)C(CSCC(O)CO)(C(=O)CCCCCCCCCCCCCCC)C(=O)NC(CO)C(=O)O. The number of unbranched alkanes of at least 4 members (excludes halogenated alkanes) is 36. The lowest BCUT2D eigenvalue weighted by atomic mass is 9.87. The van der Waals surface area contributed by atoms with Crippen LogP contribution in [0.3, 0.4) is 0 Å². The van der Waals surface area contributed by atoms with E-state index in [0.29, 0.717) is 25.7 Å². The van der Waals surface area contributed by atoms with Crippen molar-refractivity contribution in [3.8, 4) is 0 Å². The fraction of sp³-hybridized carbons (Fsp3) is 0.912. The van der Waals surface area contributed by atoms with Crippen molar-refractivity contribution in [2.75, 3.05) is 24.7 Å². The number of carbonyl (C=O) groups excluding carboxylic acids is 4. The maximum absolute atomic E-state index is 14.9. The number of carbonyl (C=O) groups is 5. The highest BCUT2D eigenvalue weighted by Crippen LogP contribution is 2.30. The van der Waals surface area contributed by atoms with Crippen LogP contribution < -0.4 is 5.32 Å². The minimum atomic E-state index is -2.42. The number of carboxylic acids is 1. The molecule has 0 aliphatic heterocycles. The summed E-state index contributed by atoms with van der Waals surface area (Å²) < 4.78 is 0. The summed E-state index contributed by atoms with van der Waals surface area (Å²) in [6, 6.07) is -1.77. The second kappa shape index (κ2) is 48.3. The normalized spacial score (nSPS) is 13.2. The van der Waals surface area contributed by atoms with E-state index in [1.54, 1.807) is 0 Å². The van der Waals surface area contributed by atoms with Gasteiger partial charge in [0.1, 0.15) is 6.04 Å². The first-order valence-electron chi connectivity index (χ1n) is 29.0. The van der Waals surface area contributed by atoms with Crippen LogP contribution in [0.4, 0.5) is 0 Å². The molecule has 3 atom stereocenters. The number of imide groups is 1. The smallest absolute Gasteiger partial charge is 0.328 e. The van der Waals surface area contributed by atoms with Gasteiger partial charge in [0, 0.05) is 30.8 Å². The molecule has 0 aliphatic rings. The van der Waals surface area contributed by atoms with Crippen LogP contribution in [0, 0.1) is 0 Å². The molecule has 0 bridgehead atoms. The molecule has 12 heteroatoms. The summed E-state index contributed by atoms with van der Waals surface area (Å²) in [4.78, 5) is 71.9. The van der Waals surface area contributed by atoms with Gasteiger partial charge in [-0.15, -0.1) is 0 Å². The van der Waals surface area contributed by atoms with Crippen LogP contribution in [0.25, 0.3) is 0 Å². The third-order valence-electron chi connectivity index (χ3n) is 13.8. The molecule has 0 aromatic heterocycles. The van der Waals surface area contributed by atoms with Crippen molar-refractivity contribution in [3.05, 3.63) is 0 Å². The van der Waals surface area contributed by atoms with Gasteiger partial charge >= 0.3 is 5.97 Å². The number of carboxylic acid groups (broad SMARTS) is 1. The molecule has 11 nitrogen and oxygen atoms in total. The van der Waals surface area contributed by atoms with Crippen molar-refractivity contribution in [1.82, 2.24) is 10.2 Å². The number of hydrogen-bond donors (Lipinski definition) is 5. The van der Waals surface area contributed by atoms with E-state index in [9.17, 15) is 44.4 Å². The van der Waals surface area contributed by atoms with Crippen LogP contribution in [0.5, 0.6) is 0 Å². The van der Waals surface area contributed by atoms with Gasteiger partial charge in [0.2, 0.25) is 11.8 Å². The molecule has 0 spiro atoms. The molecular formula is C57H108N2O9S. The minimum Gasteiger partial charge on any atom is -0.480 e. The summed E-state index contributed by atoms with van der Waals surface area (Å²) in [7, 11) is 0. The number of thioether (sulfide) groups is 1. The lowest BCUT2D eigenvalue weighted by Crippen LogP contribution is -2.70. The quantitative estimate of drug-likeness (QED) is 0.0291. The molecular weight excluding hydrogens is 889 g/mol. The van der Waals surface area contributed by atoms with Crippen molar-refractivity contribution in [1.29, 1.82) is 0 Å². The number of ketones is 1. The summed E-state index contributed by atoms with van der Waals surface area (Å²) in [5, 5.41) is 42.2. The number of aliphatic carboxylic acids is 1. The molecule has 0 rings (SSSR count). The van der Waals surface area contributed by atoms with E-state index < -0.39 is 66.1 Å². The maximum Gasteiger partial charge on any atom is 0.328 e. The highest BCUT2D eigenvalue weighted by Gasteiger charge is 2.55. The molecule has 0 saturated carbocycles. The molecule has 0 fully saturated rings. The Kier molecular flexibility index (Phi) is 46.8.